The summed E-state index contributed by atoms with van der Waals surface area (Å²) < 4.78 is 1.71. The zero-order valence-corrected chi connectivity index (χ0v) is 10.0. The van der Waals surface area contributed by atoms with E-state index < -0.39 is 0 Å². The van der Waals surface area contributed by atoms with Gasteiger partial charge < -0.3 is 0 Å². The highest BCUT2D eigenvalue weighted by molar-refractivity contribution is 7.18. The fraction of sp³-hybridized carbons (Fsp3) is 0.111. The lowest BCUT2D eigenvalue weighted by Gasteiger charge is -1.98. The van der Waals surface area contributed by atoms with Crippen LogP contribution in [0, 0.1) is 6.92 Å². The molecule has 0 bridgehead atoms. The van der Waals surface area contributed by atoms with Gasteiger partial charge in [-0.2, -0.15) is 9.73 Å². The molecule has 4 rings (SSSR count). The molecule has 4 heterocycles. The van der Waals surface area contributed by atoms with Crippen LogP contribution < -0.4 is 0 Å². The number of rotatable bonds is 1. The molecule has 0 saturated heterocycles. The van der Waals surface area contributed by atoms with E-state index in [1.807, 2.05) is 6.07 Å². The Labute approximate surface area is 104 Å². The maximum Gasteiger partial charge on any atom is 0.208 e. The summed E-state index contributed by atoms with van der Waals surface area (Å²) in [5.41, 5.74) is 1.39. The highest BCUT2D eigenvalue weighted by Crippen LogP contribution is 2.30. The van der Waals surface area contributed by atoms with Crippen molar-refractivity contribution in [3.8, 4) is 11.4 Å². The summed E-state index contributed by atoms with van der Waals surface area (Å²) in [6.07, 6.45) is 0. The van der Waals surface area contributed by atoms with Crippen molar-refractivity contribution in [1.82, 2.24) is 40.7 Å². The number of aromatic nitrogens is 8. The molecule has 0 amide bonds. The SMILES string of the molecule is Cc1cc2cc(-c3nn[nH]n3)c3nnnn3c2s1. The van der Waals surface area contributed by atoms with Crippen molar-refractivity contribution in [2.75, 3.05) is 0 Å². The van der Waals surface area contributed by atoms with Crippen LogP contribution >= 0.6 is 11.3 Å². The Morgan fingerprint density at radius 2 is 2.22 bits per heavy atom. The van der Waals surface area contributed by atoms with Gasteiger partial charge in [0.15, 0.2) is 5.65 Å². The van der Waals surface area contributed by atoms with Gasteiger partial charge in [0.1, 0.15) is 4.83 Å². The lowest BCUT2D eigenvalue weighted by Crippen LogP contribution is -1.92. The molecule has 0 spiro atoms. The highest BCUT2D eigenvalue weighted by Gasteiger charge is 2.15. The number of thiophene rings is 1. The fourth-order valence-electron chi connectivity index (χ4n) is 1.94. The zero-order valence-electron chi connectivity index (χ0n) is 9.19. The van der Waals surface area contributed by atoms with Crippen LogP contribution in [0.5, 0.6) is 0 Å². The molecular weight excluding hydrogens is 252 g/mol. The summed E-state index contributed by atoms with van der Waals surface area (Å²) in [5.74, 6) is 0.487. The Kier molecular flexibility index (Phi) is 1.75. The Bertz CT molecular complexity index is 842. The number of pyridine rings is 1. The molecule has 1 N–H and O–H groups in total. The van der Waals surface area contributed by atoms with Crippen LogP contribution in [0.2, 0.25) is 0 Å². The van der Waals surface area contributed by atoms with Crippen LogP contribution in [0.15, 0.2) is 12.1 Å². The van der Waals surface area contributed by atoms with Gasteiger partial charge in [-0.15, -0.1) is 26.6 Å². The molecule has 0 aliphatic carbocycles. The first kappa shape index (κ1) is 9.59. The number of hydrogen-bond acceptors (Lipinski definition) is 7. The molecule has 0 aliphatic rings. The summed E-state index contributed by atoms with van der Waals surface area (Å²) in [5, 5.41) is 26.8. The normalized spacial score (nSPS) is 11.6. The molecular formula is C9H6N8S. The Balaban J connectivity index is 2.20. The van der Waals surface area contributed by atoms with Gasteiger partial charge in [-0.3, -0.25) is 0 Å². The van der Waals surface area contributed by atoms with Crippen molar-refractivity contribution in [2.24, 2.45) is 0 Å². The molecule has 0 saturated carbocycles. The lowest BCUT2D eigenvalue weighted by molar-refractivity contribution is 0.845. The Morgan fingerprint density at radius 1 is 1.28 bits per heavy atom. The van der Waals surface area contributed by atoms with E-state index in [2.05, 4.69) is 49.1 Å². The molecule has 0 fully saturated rings. The molecule has 0 unspecified atom stereocenters. The minimum Gasteiger partial charge on any atom is -0.182 e. The third kappa shape index (κ3) is 1.19. The second kappa shape index (κ2) is 3.29. The van der Waals surface area contributed by atoms with Gasteiger partial charge >= 0.3 is 0 Å². The summed E-state index contributed by atoms with van der Waals surface area (Å²) in [4.78, 5) is 2.21. The van der Waals surface area contributed by atoms with Crippen molar-refractivity contribution < 1.29 is 0 Å². The Hall–Kier alpha value is -2.42. The monoisotopic (exact) mass is 258 g/mol. The molecule has 0 atom stereocenters. The van der Waals surface area contributed by atoms with Crippen molar-refractivity contribution in [3.05, 3.63) is 17.0 Å². The number of H-pyrrole nitrogens is 1. The van der Waals surface area contributed by atoms with Crippen molar-refractivity contribution in [2.45, 2.75) is 6.92 Å². The molecule has 0 radical (unpaired) electrons. The number of nitrogens with one attached hydrogen (secondary N) is 1. The standard InChI is InChI=1S/C9H6N8S/c1-4-2-5-3-6(7-10-13-14-11-7)8-12-15-16-17(8)9(5)18-4/h2-3H,1H3,(H,10,11,13,14). The van der Waals surface area contributed by atoms with E-state index in [0.29, 0.717) is 11.5 Å². The van der Waals surface area contributed by atoms with Gasteiger partial charge in [-0.05, 0) is 34.7 Å². The first-order valence-electron chi connectivity index (χ1n) is 5.18. The minimum atomic E-state index is 0.487. The molecule has 4 aromatic heterocycles. The van der Waals surface area contributed by atoms with Gasteiger partial charge in [-0.1, -0.05) is 0 Å². The van der Waals surface area contributed by atoms with E-state index >= 15 is 0 Å². The molecule has 0 aliphatic heterocycles. The van der Waals surface area contributed by atoms with Crippen LogP contribution in [-0.2, 0) is 0 Å². The predicted molar refractivity (Wildman–Crippen MR) is 64.1 cm³/mol. The van der Waals surface area contributed by atoms with Crippen molar-refractivity contribution in [1.29, 1.82) is 0 Å². The van der Waals surface area contributed by atoms with E-state index in [9.17, 15) is 0 Å². The third-order valence-corrected chi connectivity index (χ3v) is 3.69. The maximum absolute atomic E-state index is 4.02. The molecule has 9 heteroatoms. The van der Waals surface area contributed by atoms with Crippen LogP contribution in [0.25, 0.3) is 27.3 Å². The van der Waals surface area contributed by atoms with E-state index in [1.165, 1.54) is 4.88 Å². The lowest BCUT2D eigenvalue weighted by atomic mass is 10.2. The average Bonchev–Trinajstić information content (AvgIpc) is 3.06. The number of aromatic amines is 1. The molecule has 0 aromatic carbocycles. The van der Waals surface area contributed by atoms with E-state index in [1.54, 1.807) is 15.9 Å². The second-order valence-electron chi connectivity index (χ2n) is 3.83. The number of aryl methyl sites for hydroxylation is 1. The summed E-state index contributed by atoms with van der Waals surface area (Å²) in [6, 6.07) is 4.07. The number of tetrazole rings is 2. The first-order valence-corrected chi connectivity index (χ1v) is 5.99. The molecule has 88 valence electrons. The second-order valence-corrected chi connectivity index (χ2v) is 5.06. The molecule has 4 aromatic rings. The molecule has 8 nitrogen and oxygen atoms in total. The van der Waals surface area contributed by atoms with Gasteiger partial charge in [0.2, 0.25) is 5.82 Å². The maximum atomic E-state index is 4.02. The summed E-state index contributed by atoms with van der Waals surface area (Å²) in [6.45, 7) is 2.05. The summed E-state index contributed by atoms with van der Waals surface area (Å²) >= 11 is 1.65. The smallest absolute Gasteiger partial charge is 0.182 e. The molecule has 18 heavy (non-hydrogen) atoms. The number of hydrogen-bond donors (Lipinski definition) is 1. The number of nitrogens with zero attached hydrogens (tertiary/aromatic N) is 7. The summed E-state index contributed by atoms with van der Waals surface area (Å²) in [7, 11) is 0. The quantitative estimate of drug-likeness (QED) is 0.543. The number of fused-ring (bicyclic) bond motifs is 3. The van der Waals surface area contributed by atoms with Gasteiger partial charge in [-0.25, -0.2) is 0 Å². The zero-order chi connectivity index (χ0) is 12.1. The van der Waals surface area contributed by atoms with Crippen molar-refractivity contribution >= 4 is 27.2 Å². The minimum absolute atomic E-state index is 0.487. The van der Waals surface area contributed by atoms with Crippen LogP contribution in [0.4, 0.5) is 0 Å². The van der Waals surface area contributed by atoms with Crippen LogP contribution in [0.3, 0.4) is 0 Å². The van der Waals surface area contributed by atoms with Gasteiger partial charge in [0.25, 0.3) is 0 Å². The highest BCUT2D eigenvalue weighted by atomic mass is 32.1. The Morgan fingerprint density at radius 3 is 3.06 bits per heavy atom. The van der Waals surface area contributed by atoms with Crippen LogP contribution in [-0.4, -0.2) is 40.7 Å². The third-order valence-electron chi connectivity index (χ3n) is 2.65. The van der Waals surface area contributed by atoms with Gasteiger partial charge in [0, 0.05) is 10.3 Å². The van der Waals surface area contributed by atoms with E-state index in [-0.39, 0.29) is 0 Å². The first-order chi connectivity index (χ1) is 8.83. The largest absolute Gasteiger partial charge is 0.208 e. The van der Waals surface area contributed by atoms with Gasteiger partial charge in [0.05, 0.1) is 5.56 Å². The van der Waals surface area contributed by atoms with Crippen molar-refractivity contribution in [3.63, 3.8) is 0 Å². The average molecular weight is 258 g/mol. The van der Waals surface area contributed by atoms with E-state index in [4.69, 9.17) is 0 Å². The topological polar surface area (TPSA) is 97.5 Å². The van der Waals surface area contributed by atoms with E-state index in [0.717, 1.165) is 15.8 Å². The fourth-order valence-corrected chi connectivity index (χ4v) is 2.88. The van der Waals surface area contributed by atoms with Crippen LogP contribution in [0.1, 0.15) is 4.88 Å². The predicted octanol–water partition coefficient (Wildman–Crippen LogP) is 0.828.